The van der Waals surface area contributed by atoms with Gasteiger partial charge in [-0.25, -0.2) is 0 Å². The predicted octanol–water partition coefficient (Wildman–Crippen LogP) is 4.27. The number of methoxy groups -OCH3 is 2. The summed E-state index contributed by atoms with van der Waals surface area (Å²) in [6, 6.07) is 8.09. The van der Waals surface area contributed by atoms with Crippen molar-refractivity contribution in [1.82, 2.24) is 0 Å². The Balaban J connectivity index is 2.09. The van der Waals surface area contributed by atoms with Gasteiger partial charge in [-0.15, -0.1) is 22.7 Å². The summed E-state index contributed by atoms with van der Waals surface area (Å²) in [5, 5.41) is 4.07. The maximum Gasteiger partial charge on any atom is 0.0768 e. The Hall–Kier alpha value is -1.56. The van der Waals surface area contributed by atoms with E-state index in [9.17, 15) is 0 Å². The molecule has 0 atom stereocenters. The van der Waals surface area contributed by atoms with E-state index < -0.39 is 0 Å². The van der Waals surface area contributed by atoms with Gasteiger partial charge in [0.05, 0.1) is 23.0 Å². The molecule has 0 amide bonds. The molecule has 0 aliphatic carbocycles. The first-order valence-electron chi connectivity index (χ1n) is 7.31. The second kappa shape index (κ2) is 9.55. The monoisotopic (exact) mass is 344 g/mol. The van der Waals surface area contributed by atoms with Gasteiger partial charge in [0.25, 0.3) is 0 Å². The average molecular weight is 345 g/mol. The molecule has 0 unspecified atom stereocenters. The molecule has 0 spiro atoms. The van der Waals surface area contributed by atoms with E-state index in [1.54, 1.807) is 36.9 Å². The van der Waals surface area contributed by atoms with E-state index in [1.807, 2.05) is 35.0 Å². The van der Waals surface area contributed by atoms with Crippen molar-refractivity contribution < 1.29 is 9.47 Å². The molecule has 2 rings (SSSR count). The van der Waals surface area contributed by atoms with Crippen LogP contribution in [0.1, 0.15) is 22.6 Å². The van der Waals surface area contributed by atoms with Gasteiger partial charge >= 0.3 is 0 Å². The van der Waals surface area contributed by atoms with E-state index in [0.717, 1.165) is 9.75 Å². The minimum absolute atomic E-state index is 0.196. The van der Waals surface area contributed by atoms with Crippen molar-refractivity contribution in [3.63, 3.8) is 0 Å². The van der Waals surface area contributed by atoms with E-state index in [-0.39, 0.29) is 5.41 Å². The molecule has 0 saturated heterocycles. The van der Waals surface area contributed by atoms with Crippen molar-refractivity contribution >= 4 is 22.7 Å². The second-order valence-corrected chi connectivity index (χ2v) is 7.17. The first kappa shape index (κ1) is 17.8. The predicted molar refractivity (Wildman–Crippen MR) is 97.8 cm³/mol. The van der Waals surface area contributed by atoms with Crippen LogP contribution in [0.3, 0.4) is 0 Å². The summed E-state index contributed by atoms with van der Waals surface area (Å²) < 4.78 is 10.9. The van der Waals surface area contributed by atoms with Crippen LogP contribution in [0.4, 0.5) is 0 Å². The Morgan fingerprint density at radius 2 is 1.35 bits per heavy atom. The number of hydrogen-bond acceptors (Lipinski definition) is 4. The van der Waals surface area contributed by atoms with Gasteiger partial charge in [-0.05, 0) is 22.9 Å². The Labute approximate surface area is 146 Å². The van der Waals surface area contributed by atoms with Crippen LogP contribution < -0.4 is 0 Å². The highest BCUT2D eigenvalue weighted by atomic mass is 32.1. The summed E-state index contributed by atoms with van der Waals surface area (Å²) >= 11 is 3.31. The molecule has 0 radical (unpaired) electrons. The van der Waals surface area contributed by atoms with E-state index in [2.05, 4.69) is 23.7 Å². The lowest BCUT2D eigenvalue weighted by Gasteiger charge is -2.28. The fourth-order valence-corrected chi connectivity index (χ4v) is 3.44. The summed E-state index contributed by atoms with van der Waals surface area (Å²) in [7, 11) is 3.42. The molecule has 2 heterocycles. The maximum absolute atomic E-state index is 5.43. The van der Waals surface area contributed by atoms with E-state index in [1.165, 1.54) is 0 Å². The molecule has 2 aromatic heterocycles. The van der Waals surface area contributed by atoms with Gasteiger partial charge in [0, 0.05) is 32.5 Å². The molecule has 0 aromatic carbocycles. The van der Waals surface area contributed by atoms with Crippen LogP contribution in [0.2, 0.25) is 0 Å². The quantitative estimate of drug-likeness (QED) is 0.729. The van der Waals surface area contributed by atoms with Crippen molar-refractivity contribution in [3.8, 4) is 23.7 Å². The Morgan fingerprint density at radius 3 is 1.70 bits per heavy atom. The number of ether oxygens (including phenoxy) is 2. The standard InChI is InChI=1S/C19H20O2S2/c1-20-15-19(16-21-2,11-3-7-17-9-5-13-22-17)12-4-8-18-10-6-14-23-18/h5-6,9-10,13-14H,11-12,15-16H2,1-2H3. The third-order valence-corrected chi connectivity index (χ3v) is 4.86. The fourth-order valence-electron chi connectivity index (χ4n) is 2.26. The summed E-state index contributed by atoms with van der Waals surface area (Å²) in [5.74, 6) is 13.0. The average Bonchev–Trinajstić information content (AvgIpc) is 3.21. The van der Waals surface area contributed by atoms with E-state index in [0.29, 0.717) is 26.1 Å². The van der Waals surface area contributed by atoms with Gasteiger partial charge in [-0.1, -0.05) is 35.8 Å². The molecule has 120 valence electrons. The zero-order valence-electron chi connectivity index (χ0n) is 13.4. The van der Waals surface area contributed by atoms with Crippen LogP contribution >= 0.6 is 22.7 Å². The first-order chi connectivity index (χ1) is 11.3. The highest BCUT2D eigenvalue weighted by Crippen LogP contribution is 2.27. The first-order valence-corrected chi connectivity index (χ1v) is 9.06. The van der Waals surface area contributed by atoms with Crippen LogP contribution in [0.25, 0.3) is 0 Å². The van der Waals surface area contributed by atoms with Crippen LogP contribution in [0.5, 0.6) is 0 Å². The zero-order valence-corrected chi connectivity index (χ0v) is 15.1. The SMILES string of the molecule is COCC(CC#Cc1cccs1)(CC#Cc1cccs1)COC. The van der Waals surface area contributed by atoms with Gasteiger partial charge in [0.15, 0.2) is 0 Å². The van der Waals surface area contributed by atoms with Crippen LogP contribution in [-0.2, 0) is 9.47 Å². The lowest BCUT2D eigenvalue weighted by molar-refractivity contribution is 0.0164. The molecule has 0 fully saturated rings. The molecule has 0 bridgehead atoms. The smallest absolute Gasteiger partial charge is 0.0768 e. The van der Waals surface area contributed by atoms with Gasteiger partial charge in [0.1, 0.15) is 0 Å². The molecule has 4 heteroatoms. The maximum atomic E-state index is 5.43. The highest BCUT2D eigenvalue weighted by Gasteiger charge is 2.29. The number of rotatable bonds is 6. The third kappa shape index (κ3) is 5.86. The molecule has 2 nitrogen and oxygen atoms in total. The lowest BCUT2D eigenvalue weighted by atomic mass is 9.83. The lowest BCUT2D eigenvalue weighted by Crippen LogP contribution is -2.31. The van der Waals surface area contributed by atoms with Gasteiger partial charge in [-0.3, -0.25) is 0 Å². The van der Waals surface area contributed by atoms with Crippen LogP contribution in [-0.4, -0.2) is 27.4 Å². The molecule has 0 aliphatic rings. The third-order valence-electron chi connectivity index (χ3n) is 3.29. The summed E-state index contributed by atoms with van der Waals surface area (Å²) in [4.78, 5) is 2.16. The molecular formula is C19H20O2S2. The summed E-state index contributed by atoms with van der Waals surface area (Å²) in [5.41, 5.74) is -0.196. The summed E-state index contributed by atoms with van der Waals surface area (Å²) in [6.07, 6.45) is 1.40. The molecule has 0 aliphatic heterocycles. The van der Waals surface area contributed by atoms with E-state index in [4.69, 9.17) is 9.47 Å². The molecular weight excluding hydrogens is 324 g/mol. The van der Waals surface area contributed by atoms with Gasteiger partial charge in [0.2, 0.25) is 0 Å². The van der Waals surface area contributed by atoms with Crippen molar-refractivity contribution in [3.05, 3.63) is 44.8 Å². The summed E-state index contributed by atoms with van der Waals surface area (Å²) in [6.45, 7) is 1.16. The fraction of sp³-hybridized carbons (Fsp3) is 0.368. The Morgan fingerprint density at radius 1 is 0.870 bits per heavy atom. The second-order valence-electron chi connectivity index (χ2n) is 5.28. The minimum Gasteiger partial charge on any atom is -0.384 e. The van der Waals surface area contributed by atoms with Crippen LogP contribution in [0, 0.1) is 29.1 Å². The topological polar surface area (TPSA) is 18.5 Å². The number of hydrogen-bond donors (Lipinski definition) is 0. The highest BCUT2D eigenvalue weighted by molar-refractivity contribution is 7.10. The zero-order chi connectivity index (χ0) is 16.4. The minimum atomic E-state index is -0.196. The molecule has 0 N–H and O–H groups in total. The van der Waals surface area contributed by atoms with Crippen molar-refractivity contribution in [1.29, 1.82) is 0 Å². The van der Waals surface area contributed by atoms with Crippen molar-refractivity contribution in [2.75, 3.05) is 27.4 Å². The van der Waals surface area contributed by atoms with E-state index >= 15 is 0 Å². The molecule has 0 saturated carbocycles. The normalized spacial score (nSPS) is 10.5. The van der Waals surface area contributed by atoms with Crippen molar-refractivity contribution in [2.24, 2.45) is 5.41 Å². The van der Waals surface area contributed by atoms with Crippen LogP contribution in [0.15, 0.2) is 35.0 Å². The van der Waals surface area contributed by atoms with Crippen molar-refractivity contribution in [2.45, 2.75) is 12.8 Å². The van der Waals surface area contributed by atoms with Gasteiger partial charge < -0.3 is 9.47 Å². The Bertz CT molecular complexity index is 617. The number of thiophene rings is 2. The largest absolute Gasteiger partial charge is 0.384 e. The molecule has 23 heavy (non-hydrogen) atoms. The Kier molecular flexibility index (Phi) is 7.39. The van der Waals surface area contributed by atoms with Gasteiger partial charge in [-0.2, -0.15) is 0 Å². The molecule has 2 aromatic rings.